The standard InChI is InChI=1S/C5H6BrN3O3.K/c1-12-2-9-5(6)7-3(8-9)4(10)11;/h2H2,1H3,(H,10,11);/q;+1/p-1. The van der Waals surface area contributed by atoms with E-state index in [1.54, 1.807) is 0 Å². The zero-order valence-corrected chi connectivity index (χ0v) is 11.9. The molecule has 0 saturated heterocycles. The Morgan fingerprint density at radius 3 is 2.77 bits per heavy atom. The summed E-state index contributed by atoms with van der Waals surface area (Å²) in [5.74, 6) is -1.77. The second kappa shape index (κ2) is 6.22. The molecule has 0 radical (unpaired) electrons. The Labute approximate surface area is 125 Å². The van der Waals surface area contributed by atoms with E-state index in [1.165, 1.54) is 11.8 Å². The largest absolute Gasteiger partial charge is 1.00 e. The zero-order valence-electron chi connectivity index (χ0n) is 7.15. The Balaban J connectivity index is 0.00000144. The van der Waals surface area contributed by atoms with Crippen LogP contribution in [0.1, 0.15) is 10.6 Å². The fourth-order valence-electron chi connectivity index (χ4n) is 0.614. The van der Waals surface area contributed by atoms with Crippen LogP contribution in [-0.2, 0) is 11.5 Å². The number of carboxylic acid groups (broad SMARTS) is 1. The molecule has 66 valence electrons. The molecule has 0 fully saturated rings. The van der Waals surface area contributed by atoms with Crippen LogP contribution in [0.15, 0.2) is 4.73 Å². The van der Waals surface area contributed by atoms with Gasteiger partial charge >= 0.3 is 51.4 Å². The van der Waals surface area contributed by atoms with Gasteiger partial charge in [-0.3, -0.25) is 0 Å². The van der Waals surface area contributed by atoms with Gasteiger partial charge in [0.2, 0.25) is 0 Å². The minimum absolute atomic E-state index is 0. The minimum atomic E-state index is -1.41. The number of aromatic nitrogens is 3. The van der Waals surface area contributed by atoms with E-state index >= 15 is 0 Å². The molecule has 6 nitrogen and oxygen atoms in total. The maximum atomic E-state index is 10.3. The Hall–Kier alpha value is 0.686. The van der Waals surface area contributed by atoms with E-state index in [0.717, 1.165) is 0 Å². The van der Waals surface area contributed by atoms with Gasteiger partial charge in [0.15, 0.2) is 10.6 Å². The van der Waals surface area contributed by atoms with Crippen LogP contribution in [0.2, 0.25) is 0 Å². The molecule has 0 spiro atoms. The summed E-state index contributed by atoms with van der Waals surface area (Å²) >= 11 is 3.00. The summed E-state index contributed by atoms with van der Waals surface area (Å²) < 4.78 is 6.27. The fourth-order valence-corrected chi connectivity index (χ4v) is 0.964. The van der Waals surface area contributed by atoms with Crippen LogP contribution >= 0.6 is 15.9 Å². The summed E-state index contributed by atoms with van der Waals surface area (Å²) in [6.07, 6.45) is 0. The molecule has 0 aliphatic carbocycles. The van der Waals surface area contributed by atoms with Gasteiger partial charge < -0.3 is 14.6 Å². The number of carbonyl (C=O) groups excluding carboxylic acids is 1. The van der Waals surface area contributed by atoms with Crippen molar-refractivity contribution >= 4 is 21.9 Å². The fraction of sp³-hybridized carbons (Fsp3) is 0.400. The van der Waals surface area contributed by atoms with Crippen LogP contribution < -0.4 is 56.5 Å². The van der Waals surface area contributed by atoms with Crippen molar-refractivity contribution in [3.05, 3.63) is 10.6 Å². The third-order valence-corrected chi connectivity index (χ3v) is 1.65. The number of ether oxygens (including phenoxy) is 1. The van der Waals surface area contributed by atoms with Crippen molar-refractivity contribution in [2.24, 2.45) is 0 Å². The number of aromatic carboxylic acids is 1. The molecule has 0 atom stereocenters. The molecule has 0 unspecified atom stereocenters. The van der Waals surface area contributed by atoms with Crippen molar-refractivity contribution in [2.45, 2.75) is 6.73 Å². The molecule has 1 aromatic heterocycles. The summed E-state index contributed by atoms with van der Waals surface area (Å²) in [6, 6.07) is 0. The van der Waals surface area contributed by atoms with Crippen molar-refractivity contribution < 1.29 is 66.0 Å². The Morgan fingerprint density at radius 2 is 2.38 bits per heavy atom. The van der Waals surface area contributed by atoms with E-state index in [0.29, 0.717) is 4.73 Å². The van der Waals surface area contributed by atoms with E-state index in [2.05, 4.69) is 26.0 Å². The molecule has 1 rings (SSSR count). The summed E-state index contributed by atoms with van der Waals surface area (Å²) in [5.41, 5.74) is 0. The number of halogens is 1. The number of carbonyl (C=O) groups is 1. The second-order valence-electron chi connectivity index (χ2n) is 1.91. The molecule has 0 N–H and O–H groups in total. The first kappa shape index (κ1) is 13.7. The van der Waals surface area contributed by atoms with Crippen LogP contribution in [0, 0.1) is 0 Å². The van der Waals surface area contributed by atoms with Crippen molar-refractivity contribution in [1.29, 1.82) is 0 Å². The topological polar surface area (TPSA) is 80.1 Å². The van der Waals surface area contributed by atoms with Gasteiger partial charge in [0, 0.05) is 7.11 Å². The normalized spacial score (nSPS) is 9.38. The zero-order chi connectivity index (χ0) is 9.14. The molecule has 1 heterocycles. The van der Waals surface area contributed by atoms with Crippen molar-refractivity contribution in [3.63, 3.8) is 0 Å². The van der Waals surface area contributed by atoms with Crippen LogP contribution in [0.4, 0.5) is 0 Å². The number of hydrogen-bond donors (Lipinski definition) is 0. The number of rotatable bonds is 3. The molecule has 0 aromatic carbocycles. The van der Waals surface area contributed by atoms with E-state index in [9.17, 15) is 9.90 Å². The van der Waals surface area contributed by atoms with E-state index < -0.39 is 5.97 Å². The molecule has 0 bridgehead atoms. The van der Waals surface area contributed by atoms with Gasteiger partial charge in [-0.25, -0.2) is 4.68 Å². The van der Waals surface area contributed by atoms with Crippen LogP contribution in [0.5, 0.6) is 0 Å². The van der Waals surface area contributed by atoms with Gasteiger partial charge in [-0.15, -0.1) is 5.10 Å². The van der Waals surface area contributed by atoms with Crippen molar-refractivity contribution in [1.82, 2.24) is 14.8 Å². The van der Waals surface area contributed by atoms with Gasteiger partial charge in [-0.1, -0.05) is 0 Å². The molecule has 1 aromatic rings. The Morgan fingerprint density at radius 1 is 1.77 bits per heavy atom. The summed E-state index contributed by atoms with van der Waals surface area (Å²) in [6.45, 7) is 0.140. The Bertz CT molecular complexity index is 303. The van der Waals surface area contributed by atoms with E-state index in [-0.39, 0.29) is 63.9 Å². The van der Waals surface area contributed by atoms with E-state index in [4.69, 9.17) is 4.74 Å². The number of methoxy groups -OCH3 is 1. The number of carboxylic acids is 1. The van der Waals surface area contributed by atoms with Crippen molar-refractivity contribution in [3.8, 4) is 0 Å². The predicted octanol–water partition coefficient (Wildman–Crippen LogP) is -3.99. The molecule has 0 amide bonds. The molecular formula is C5H5BrKN3O3. The predicted molar refractivity (Wildman–Crippen MR) is 39.1 cm³/mol. The number of nitrogens with zero attached hydrogens (tertiary/aromatic N) is 3. The van der Waals surface area contributed by atoms with Gasteiger partial charge in [0.05, 0.1) is 0 Å². The molecule has 8 heteroatoms. The maximum absolute atomic E-state index is 10.3. The second-order valence-corrected chi connectivity index (χ2v) is 2.62. The smallest absolute Gasteiger partial charge is 0.541 e. The quantitative estimate of drug-likeness (QED) is 0.525. The van der Waals surface area contributed by atoms with Crippen LogP contribution in [0.25, 0.3) is 0 Å². The van der Waals surface area contributed by atoms with Gasteiger partial charge in [0.1, 0.15) is 12.7 Å². The molecule has 0 aliphatic rings. The number of hydrogen-bond acceptors (Lipinski definition) is 5. The molecule has 0 saturated carbocycles. The first-order valence-corrected chi connectivity index (χ1v) is 3.75. The monoisotopic (exact) mass is 273 g/mol. The van der Waals surface area contributed by atoms with Gasteiger partial charge in [-0.05, 0) is 15.9 Å². The average Bonchev–Trinajstić information content (AvgIpc) is 2.34. The van der Waals surface area contributed by atoms with Crippen LogP contribution in [0.3, 0.4) is 0 Å². The molecule has 13 heavy (non-hydrogen) atoms. The third-order valence-electron chi connectivity index (χ3n) is 1.06. The van der Waals surface area contributed by atoms with Gasteiger partial charge in [-0.2, -0.15) is 4.98 Å². The Kier molecular flexibility index (Phi) is 6.55. The SMILES string of the molecule is COCn1nc(C(=O)[O-])nc1Br.[K+]. The molecule has 0 aliphatic heterocycles. The summed E-state index contributed by atoms with van der Waals surface area (Å²) in [4.78, 5) is 13.8. The van der Waals surface area contributed by atoms with Crippen molar-refractivity contribution in [2.75, 3.05) is 7.11 Å². The minimum Gasteiger partial charge on any atom is -0.541 e. The first-order chi connectivity index (χ1) is 5.65. The van der Waals surface area contributed by atoms with Gasteiger partial charge in [0.25, 0.3) is 0 Å². The van der Waals surface area contributed by atoms with Crippen LogP contribution in [-0.4, -0.2) is 27.8 Å². The summed E-state index contributed by atoms with van der Waals surface area (Å²) in [5, 5.41) is 13.8. The summed E-state index contributed by atoms with van der Waals surface area (Å²) in [7, 11) is 1.47. The maximum Gasteiger partial charge on any atom is 1.00 e. The molecular weight excluding hydrogens is 269 g/mol. The first-order valence-electron chi connectivity index (χ1n) is 2.95. The third kappa shape index (κ3) is 3.74. The average molecular weight is 274 g/mol. The van der Waals surface area contributed by atoms with E-state index in [1.807, 2.05) is 0 Å².